The molecule has 12 heteroatoms. The largest absolute Gasteiger partial charge is 0.416 e. The van der Waals surface area contributed by atoms with Crippen LogP contribution in [0.5, 0.6) is 0 Å². The lowest BCUT2D eigenvalue weighted by atomic mass is 10.0. The monoisotopic (exact) mass is 640 g/mol. The van der Waals surface area contributed by atoms with Gasteiger partial charge in [-0.3, -0.25) is 18.8 Å². The predicted molar refractivity (Wildman–Crippen MR) is 176 cm³/mol. The lowest BCUT2D eigenvalue weighted by Crippen LogP contribution is -2.44. The minimum absolute atomic E-state index is 0.0786. The quantitative estimate of drug-likeness (QED) is 0.212. The molecule has 0 bridgehead atoms. The molecule has 6 rings (SSSR count). The van der Waals surface area contributed by atoms with Gasteiger partial charge in [-0.15, -0.1) is 0 Å². The Hall–Kier alpha value is -5.12. The van der Waals surface area contributed by atoms with E-state index in [2.05, 4.69) is 37.5 Å². The number of aryl methyl sites for hydroxylation is 2. The van der Waals surface area contributed by atoms with Crippen molar-refractivity contribution < 1.29 is 18.0 Å². The standard InChI is InChI=1S/C35H35F3N8O/c1-4-45-23-29(20-40-45)41-32-6-5-13-46-30(21-39-33(32)46)12-10-25-18-26(8-7-24(25)2)34(47)42-28-11-9-27(31(19-28)35(36,37)38)22-44-16-14-43(3)15-17-44/h5-9,11,13,18-21,23,41H,4,14-17,22H2,1-3H3,(H,42,47). The van der Waals surface area contributed by atoms with Gasteiger partial charge >= 0.3 is 6.18 Å². The Kier molecular flexibility index (Phi) is 9.02. The van der Waals surface area contributed by atoms with Gasteiger partial charge < -0.3 is 15.5 Å². The van der Waals surface area contributed by atoms with Crippen LogP contribution < -0.4 is 10.6 Å². The van der Waals surface area contributed by atoms with Gasteiger partial charge in [0.2, 0.25) is 0 Å². The summed E-state index contributed by atoms with van der Waals surface area (Å²) in [6.07, 6.45) is 2.67. The molecule has 1 saturated heterocycles. The van der Waals surface area contributed by atoms with E-state index in [9.17, 15) is 18.0 Å². The lowest BCUT2D eigenvalue weighted by Gasteiger charge is -2.33. The molecule has 0 radical (unpaired) electrons. The van der Waals surface area contributed by atoms with Crippen molar-refractivity contribution in [1.29, 1.82) is 0 Å². The second kappa shape index (κ2) is 13.3. The molecule has 1 aliphatic rings. The third-order valence-corrected chi connectivity index (χ3v) is 8.26. The van der Waals surface area contributed by atoms with Crippen LogP contribution in [0.25, 0.3) is 5.65 Å². The lowest BCUT2D eigenvalue weighted by molar-refractivity contribution is -0.138. The van der Waals surface area contributed by atoms with Gasteiger partial charge in [0.05, 0.1) is 29.3 Å². The maximum Gasteiger partial charge on any atom is 0.416 e. The number of nitrogens with one attached hydrogen (secondary N) is 2. The van der Waals surface area contributed by atoms with Crippen LogP contribution in [0.2, 0.25) is 0 Å². The third-order valence-electron chi connectivity index (χ3n) is 8.26. The van der Waals surface area contributed by atoms with Crippen molar-refractivity contribution in [3.05, 3.63) is 107 Å². The van der Waals surface area contributed by atoms with E-state index >= 15 is 0 Å². The van der Waals surface area contributed by atoms with Gasteiger partial charge in [0.25, 0.3) is 5.91 Å². The number of hydrogen-bond donors (Lipinski definition) is 2. The Bertz CT molecular complexity index is 1980. The molecule has 242 valence electrons. The number of fused-ring (bicyclic) bond motifs is 1. The molecule has 47 heavy (non-hydrogen) atoms. The number of imidazole rings is 1. The van der Waals surface area contributed by atoms with Crippen molar-refractivity contribution in [3.8, 4) is 11.8 Å². The van der Waals surface area contributed by atoms with Gasteiger partial charge in [-0.2, -0.15) is 18.3 Å². The smallest absolute Gasteiger partial charge is 0.350 e. The van der Waals surface area contributed by atoms with Gasteiger partial charge in [0.15, 0.2) is 5.65 Å². The van der Waals surface area contributed by atoms with E-state index in [1.807, 2.05) is 59.4 Å². The van der Waals surface area contributed by atoms with Crippen LogP contribution >= 0.6 is 0 Å². The number of nitrogens with zero attached hydrogens (tertiary/aromatic N) is 6. The van der Waals surface area contributed by atoms with E-state index in [-0.39, 0.29) is 23.4 Å². The van der Waals surface area contributed by atoms with Crippen molar-refractivity contribution in [3.63, 3.8) is 0 Å². The number of rotatable bonds is 7. The maximum atomic E-state index is 14.1. The number of carbonyl (C=O) groups excluding carboxylic acids is 1. The molecule has 1 aliphatic heterocycles. The summed E-state index contributed by atoms with van der Waals surface area (Å²) >= 11 is 0. The number of anilines is 3. The van der Waals surface area contributed by atoms with Gasteiger partial charge in [-0.1, -0.05) is 18.1 Å². The fourth-order valence-electron chi connectivity index (χ4n) is 5.49. The van der Waals surface area contributed by atoms with Crippen molar-refractivity contribution >= 4 is 28.6 Å². The van der Waals surface area contributed by atoms with Gasteiger partial charge in [-0.25, -0.2) is 4.98 Å². The second-order valence-electron chi connectivity index (χ2n) is 11.7. The minimum atomic E-state index is -4.55. The molecule has 1 amide bonds. The second-order valence-corrected chi connectivity index (χ2v) is 11.7. The van der Waals surface area contributed by atoms with Crippen molar-refractivity contribution in [2.45, 2.75) is 33.1 Å². The molecule has 0 unspecified atom stereocenters. The Morgan fingerprint density at radius 2 is 1.81 bits per heavy atom. The van der Waals surface area contributed by atoms with Crippen molar-refractivity contribution in [2.24, 2.45) is 0 Å². The van der Waals surface area contributed by atoms with Gasteiger partial charge in [0, 0.05) is 68.5 Å². The number of pyridine rings is 1. The summed E-state index contributed by atoms with van der Waals surface area (Å²) in [6.45, 7) is 7.88. The molecule has 0 saturated carbocycles. The summed E-state index contributed by atoms with van der Waals surface area (Å²) in [5.74, 6) is 5.77. The molecular weight excluding hydrogens is 605 g/mol. The fourth-order valence-corrected chi connectivity index (χ4v) is 5.49. The van der Waals surface area contributed by atoms with Crippen molar-refractivity contribution in [1.82, 2.24) is 29.0 Å². The van der Waals surface area contributed by atoms with E-state index in [1.165, 1.54) is 12.1 Å². The fraction of sp³-hybridized carbons (Fsp3) is 0.286. The van der Waals surface area contributed by atoms with Crippen LogP contribution in [0, 0.1) is 18.8 Å². The van der Waals surface area contributed by atoms with Crippen LogP contribution in [0.1, 0.15) is 45.2 Å². The van der Waals surface area contributed by atoms with Crippen LogP contribution in [0.15, 0.2) is 73.3 Å². The van der Waals surface area contributed by atoms with E-state index in [0.717, 1.165) is 42.6 Å². The molecule has 2 N–H and O–H groups in total. The first-order chi connectivity index (χ1) is 22.6. The SMILES string of the molecule is CCn1cc(Nc2cccn3c(C#Cc4cc(C(=O)Nc5ccc(CN6CCN(C)CC6)c(C(F)(F)F)c5)ccc4C)cnc23)cn1. The Balaban J connectivity index is 1.19. The molecule has 0 aliphatic carbocycles. The zero-order valence-corrected chi connectivity index (χ0v) is 26.4. The molecule has 3 aromatic heterocycles. The number of likely N-dealkylation sites (N-methyl/N-ethyl adjacent to an activating group) is 1. The molecule has 0 spiro atoms. The zero-order chi connectivity index (χ0) is 33.1. The van der Waals surface area contributed by atoms with Crippen molar-refractivity contribution in [2.75, 3.05) is 43.9 Å². The highest BCUT2D eigenvalue weighted by molar-refractivity contribution is 6.04. The highest BCUT2D eigenvalue weighted by Gasteiger charge is 2.34. The first-order valence-electron chi connectivity index (χ1n) is 15.4. The topological polar surface area (TPSA) is 82.7 Å². The highest BCUT2D eigenvalue weighted by Crippen LogP contribution is 2.35. The number of hydrogen-bond acceptors (Lipinski definition) is 6. The summed E-state index contributed by atoms with van der Waals surface area (Å²) in [4.78, 5) is 21.9. The average molecular weight is 641 g/mol. The third kappa shape index (κ3) is 7.32. The molecule has 9 nitrogen and oxygen atoms in total. The number of amides is 1. The minimum Gasteiger partial charge on any atom is -0.350 e. The number of halogens is 3. The number of benzene rings is 2. The number of alkyl halides is 3. The average Bonchev–Trinajstić information content (AvgIpc) is 3.69. The normalized spacial score (nSPS) is 14.2. The van der Waals surface area contributed by atoms with Gasteiger partial charge in [-0.05, 0) is 74.3 Å². The Morgan fingerprint density at radius 1 is 1.00 bits per heavy atom. The van der Waals surface area contributed by atoms with Crippen LogP contribution in [0.4, 0.5) is 30.2 Å². The van der Waals surface area contributed by atoms with Crippen LogP contribution in [-0.2, 0) is 19.3 Å². The highest BCUT2D eigenvalue weighted by atomic mass is 19.4. The van der Waals surface area contributed by atoms with Crippen LogP contribution in [0.3, 0.4) is 0 Å². The molecule has 1 fully saturated rings. The predicted octanol–water partition coefficient (Wildman–Crippen LogP) is 6.02. The number of aromatic nitrogens is 4. The summed E-state index contributed by atoms with van der Waals surface area (Å²) in [7, 11) is 2.00. The Labute approximate surface area is 271 Å². The number of piperazine rings is 1. The van der Waals surface area contributed by atoms with E-state index in [4.69, 9.17) is 0 Å². The molecule has 2 aromatic carbocycles. The molecule has 5 aromatic rings. The molecular formula is C35H35F3N8O. The first-order valence-corrected chi connectivity index (χ1v) is 15.4. The number of carbonyl (C=O) groups is 1. The summed E-state index contributed by atoms with van der Waals surface area (Å²) in [5, 5.41) is 10.3. The van der Waals surface area contributed by atoms with Gasteiger partial charge in [0.1, 0.15) is 5.69 Å². The molecule has 0 atom stereocenters. The van der Waals surface area contributed by atoms with E-state index < -0.39 is 17.6 Å². The first kappa shape index (κ1) is 31.8. The molecule has 4 heterocycles. The summed E-state index contributed by atoms with van der Waals surface area (Å²) in [5.41, 5.74) is 4.27. The van der Waals surface area contributed by atoms with E-state index in [1.54, 1.807) is 30.6 Å². The zero-order valence-electron chi connectivity index (χ0n) is 26.4. The summed E-state index contributed by atoms with van der Waals surface area (Å²) in [6, 6.07) is 12.9. The maximum absolute atomic E-state index is 14.1. The van der Waals surface area contributed by atoms with E-state index in [0.29, 0.717) is 30.0 Å². The summed E-state index contributed by atoms with van der Waals surface area (Å²) < 4.78 is 45.9. The Morgan fingerprint density at radius 3 is 2.55 bits per heavy atom. The van der Waals surface area contributed by atoms with Crippen LogP contribution in [-0.4, -0.2) is 68.1 Å².